The number of carbonyl (C=O) groups is 1. The minimum Gasteiger partial charge on any atom is -0.389 e. The molecule has 0 saturated heterocycles. The first-order valence-electron chi connectivity index (χ1n) is 6.71. The highest BCUT2D eigenvalue weighted by Gasteiger charge is 2.23. The lowest BCUT2D eigenvalue weighted by Gasteiger charge is -2.25. The molecule has 0 aromatic heterocycles. The third kappa shape index (κ3) is 5.04. The SMILES string of the molecule is CCC(C)(O)CNC(C)C(=O)NC1CCCC1. The fourth-order valence-electron chi connectivity index (χ4n) is 1.99. The van der Waals surface area contributed by atoms with E-state index in [2.05, 4.69) is 10.6 Å². The molecular weight excluding hydrogens is 216 g/mol. The summed E-state index contributed by atoms with van der Waals surface area (Å²) in [5.41, 5.74) is -0.734. The molecule has 0 heterocycles. The molecule has 17 heavy (non-hydrogen) atoms. The molecule has 0 aromatic rings. The first-order chi connectivity index (χ1) is 7.94. The molecule has 1 aliphatic rings. The maximum absolute atomic E-state index is 11.8. The summed E-state index contributed by atoms with van der Waals surface area (Å²) in [7, 11) is 0. The van der Waals surface area contributed by atoms with Crippen LogP contribution in [0, 0.1) is 0 Å². The lowest BCUT2D eigenvalue weighted by atomic mass is 10.0. The van der Waals surface area contributed by atoms with E-state index < -0.39 is 5.60 Å². The first-order valence-corrected chi connectivity index (χ1v) is 6.71. The quantitative estimate of drug-likeness (QED) is 0.655. The highest BCUT2D eigenvalue weighted by Crippen LogP contribution is 2.17. The summed E-state index contributed by atoms with van der Waals surface area (Å²) < 4.78 is 0. The second kappa shape index (κ2) is 6.36. The van der Waals surface area contributed by atoms with E-state index in [4.69, 9.17) is 0 Å². The van der Waals surface area contributed by atoms with Crippen molar-refractivity contribution in [3.63, 3.8) is 0 Å². The van der Waals surface area contributed by atoms with Crippen LogP contribution in [0.5, 0.6) is 0 Å². The van der Waals surface area contributed by atoms with E-state index in [-0.39, 0.29) is 11.9 Å². The standard InChI is InChI=1S/C13H26N2O2/c1-4-13(3,17)9-14-10(2)12(16)15-11-7-5-6-8-11/h10-11,14,17H,4-9H2,1-3H3,(H,15,16). The van der Waals surface area contributed by atoms with Gasteiger partial charge < -0.3 is 15.7 Å². The molecule has 0 aliphatic heterocycles. The Hall–Kier alpha value is -0.610. The van der Waals surface area contributed by atoms with E-state index >= 15 is 0 Å². The van der Waals surface area contributed by atoms with Crippen molar-refractivity contribution in [2.45, 2.75) is 70.6 Å². The number of nitrogens with one attached hydrogen (secondary N) is 2. The maximum Gasteiger partial charge on any atom is 0.237 e. The van der Waals surface area contributed by atoms with Crippen molar-refractivity contribution in [3.05, 3.63) is 0 Å². The number of hydrogen-bond acceptors (Lipinski definition) is 3. The summed E-state index contributed by atoms with van der Waals surface area (Å²) >= 11 is 0. The number of hydrogen-bond donors (Lipinski definition) is 3. The summed E-state index contributed by atoms with van der Waals surface area (Å²) in [5, 5.41) is 16.0. The zero-order chi connectivity index (χ0) is 12.9. The zero-order valence-corrected chi connectivity index (χ0v) is 11.3. The van der Waals surface area contributed by atoms with Crippen molar-refractivity contribution in [2.24, 2.45) is 0 Å². The number of aliphatic hydroxyl groups is 1. The Morgan fingerprint density at radius 2 is 2.06 bits per heavy atom. The van der Waals surface area contributed by atoms with E-state index in [1.165, 1.54) is 12.8 Å². The van der Waals surface area contributed by atoms with Crippen LogP contribution >= 0.6 is 0 Å². The Morgan fingerprint density at radius 3 is 2.59 bits per heavy atom. The average Bonchev–Trinajstić information content (AvgIpc) is 2.78. The van der Waals surface area contributed by atoms with Crippen LogP contribution in [-0.4, -0.2) is 35.2 Å². The maximum atomic E-state index is 11.8. The van der Waals surface area contributed by atoms with Gasteiger partial charge in [0.05, 0.1) is 11.6 Å². The Bertz CT molecular complexity index is 248. The van der Waals surface area contributed by atoms with Gasteiger partial charge in [-0.15, -0.1) is 0 Å². The molecule has 1 aliphatic carbocycles. The van der Waals surface area contributed by atoms with Crippen LogP contribution in [0.2, 0.25) is 0 Å². The second-order valence-corrected chi connectivity index (χ2v) is 5.44. The minimum atomic E-state index is -0.734. The minimum absolute atomic E-state index is 0.0452. The van der Waals surface area contributed by atoms with Gasteiger partial charge in [0.2, 0.25) is 5.91 Å². The molecule has 4 heteroatoms. The Labute approximate surface area is 104 Å². The van der Waals surface area contributed by atoms with Crippen LogP contribution in [0.1, 0.15) is 52.9 Å². The van der Waals surface area contributed by atoms with E-state index in [9.17, 15) is 9.90 Å². The molecular formula is C13H26N2O2. The molecule has 0 aromatic carbocycles. The van der Waals surface area contributed by atoms with E-state index in [0.29, 0.717) is 19.0 Å². The van der Waals surface area contributed by atoms with Crippen molar-refractivity contribution in [1.29, 1.82) is 0 Å². The smallest absolute Gasteiger partial charge is 0.237 e. The third-order valence-electron chi connectivity index (χ3n) is 3.65. The summed E-state index contributed by atoms with van der Waals surface area (Å²) in [6.45, 7) is 6.01. The van der Waals surface area contributed by atoms with Crippen LogP contribution in [0.3, 0.4) is 0 Å². The van der Waals surface area contributed by atoms with Crippen molar-refractivity contribution in [1.82, 2.24) is 10.6 Å². The summed E-state index contributed by atoms with van der Waals surface area (Å²) in [6, 6.07) is 0.118. The van der Waals surface area contributed by atoms with Gasteiger partial charge in [-0.25, -0.2) is 0 Å². The molecule has 3 N–H and O–H groups in total. The largest absolute Gasteiger partial charge is 0.389 e. The average molecular weight is 242 g/mol. The molecule has 100 valence electrons. The summed E-state index contributed by atoms with van der Waals surface area (Å²) in [4.78, 5) is 11.8. The third-order valence-corrected chi connectivity index (χ3v) is 3.65. The lowest BCUT2D eigenvalue weighted by Crippen LogP contribution is -2.49. The van der Waals surface area contributed by atoms with Crippen LogP contribution in [0.25, 0.3) is 0 Å². The molecule has 0 bridgehead atoms. The zero-order valence-electron chi connectivity index (χ0n) is 11.3. The van der Waals surface area contributed by atoms with Gasteiger partial charge in [0.25, 0.3) is 0 Å². The van der Waals surface area contributed by atoms with Crippen LogP contribution in [0.4, 0.5) is 0 Å². The molecule has 2 atom stereocenters. The van der Waals surface area contributed by atoms with Crippen LogP contribution in [0.15, 0.2) is 0 Å². The Morgan fingerprint density at radius 1 is 1.47 bits per heavy atom. The first kappa shape index (κ1) is 14.5. The second-order valence-electron chi connectivity index (χ2n) is 5.44. The number of carbonyl (C=O) groups excluding carboxylic acids is 1. The van der Waals surface area contributed by atoms with E-state index in [1.807, 2.05) is 13.8 Å². The molecule has 1 rings (SSSR count). The predicted molar refractivity (Wildman–Crippen MR) is 68.8 cm³/mol. The molecule has 0 radical (unpaired) electrons. The fraction of sp³-hybridized carbons (Fsp3) is 0.923. The van der Waals surface area contributed by atoms with Gasteiger partial charge in [0.15, 0.2) is 0 Å². The van der Waals surface area contributed by atoms with Gasteiger partial charge in [-0.3, -0.25) is 4.79 Å². The van der Waals surface area contributed by atoms with Crippen molar-refractivity contribution in [3.8, 4) is 0 Å². The Kier molecular flexibility index (Phi) is 5.40. The summed E-state index contributed by atoms with van der Waals surface area (Å²) in [5.74, 6) is 0.0452. The van der Waals surface area contributed by atoms with Crippen molar-refractivity contribution < 1.29 is 9.90 Å². The van der Waals surface area contributed by atoms with Crippen molar-refractivity contribution in [2.75, 3.05) is 6.54 Å². The number of amides is 1. The van der Waals surface area contributed by atoms with Crippen LogP contribution < -0.4 is 10.6 Å². The predicted octanol–water partition coefficient (Wildman–Crippen LogP) is 1.18. The molecule has 2 unspecified atom stereocenters. The summed E-state index contributed by atoms with van der Waals surface area (Å²) in [6.07, 6.45) is 5.32. The van der Waals surface area contributed by atoms with E-state index in [0.717, 1.165) is 12.8 Å². The topological polar surface area (TPSA) is 61.4 Å². The van der Waals surface area contributed by atoms with Crippen molar-refractivity contribution >= 4 is 5.91 Å². The number of rotatable bonds is 6. The lowest BCUT2D eigenvalue weighted by molar-refractivity contribution is -0.123. The van der Waals surface area contributed by atoms with Gasteiger partial charge in [0.1, 0.15) is 0 Å². The van der Waals surface area contributed by atoms with Gasteiger partial charge in [-0.05, 0) is 33.1 Å². The highest BCUT2D eigenvalue weighted by molar-refractivity contribution is 5.81. The van der Waals surface area contributed by atoms with Gasteiger partial charge in [-0.1, -0.05) is 19.8 Å². The fourth-order valence-corrected chi connectivity index (χ4v) is 1.99. The van der Waals surface area contributed by atoms with Gasteiger partial charge in [0, 0.05) is 12.6 Å². The molecule has 4 nitrogen and oxygen atoms in total. The molecule has 1 fully saturated rings. The van der Waals surface area contributed by atoms with Gasteiger partial charge >= 0.3 is 0 Å². The molecule has 1 amide bonds. The normalized spacial score (nSPS) is 22.1. The monoisotopic (exact) mass is 242 g/mol. The highest BCUT2D eigenvalue weighted by atomic mass is 16.3. The van der Waals surface area contributed by atoms with Crippen LogP contribution in [-0.2, 0) is 4.79 Å². The van der Waals surface area contributed by atoms with E-state index in [1.54, 1.807) is 6.92 Å². The molecule has 0 spiro atoms. The molecule has 1 saturated carbocycles. The van der Waals surface area contributed by atoms with Gasteiger partial charge in [-0.2, -0.15) is 0 Å². The Balaban J connectivity index is 2.26.